The van der Waals surface area contributed by atoms with Crippen LogP contribution in [0.1, 0.15) is 70.9 Å². The second-order valence-electron chi connectivity index (χ2n) is 6.87. The Kier molecular flexibility index (Phi) is 9.27. The van der Waals surface area contributed by atoms with Gasteiger partial charge in [-0.05, 0) is 42.1 Å². The lowest BCUT2D eigenvalue weighted by molar-refractivity contribution is 0.139. The summed E-state index contributed by atoms with van der Waals surface area (Å²) >= 11 is 1.95. The lowest BCUT2D eigenvalue weighted by Gasteiger charge is -2.21. The van der Waals surface area contributed by atoms with Gasteiger partial charge in [-0.2, -0.15) is 11.8 Å². The number of thioether (sulfide) groups is 1. The predicted octanol–water partition coefficient (Wildman–Crippen LogP) is 5.74. The fraction of sp³-hybridized carbons (Fsp3) is 0.650. The van der Waals surface area contributed by atoms with E-state index in [1.165, 1.54) is 5.56 Å². The van der Waals surface area contributed by atoms with Crippen molar-refractivity contribution in [2.75, 3.05) is 12.3 Å². The molecule has 1 N–H and O–H groups in total. The molecule has 0 bridgehead atoms. The third-order valence-corrected chi connectivity index (χ3v) is 6.03. The van der Waals surface area contributed by atoms with E-state index in [-0.39, 0.29) is 6.09 Å². The van der Waals surface area contributed by atoms with Crippen molar-refractivity contribution in [2.24, 2.45) is 0 Å². The Labute approximate surface area is 151 Å². The average Bonchev–Trinajstić information content (AvgIpc) is 2.59. The van der Waals surface area contributed by atoms with Crippen molar-refractivity contribution < 1.29 is 9.53 Å². The minimum Gasteiger partial charge on any atom is -0.445 e. The number of carbonyl (C=O) groups excluding carboxylic acids is 1. The molecule has 3 nitrogen and oxygen atoms in total. The van der Waals surface area contributed by atoms with Crippen molar-refractivity contribution >= 4 is 17.9 Å². The van der Waals surface area contributed by atoms with Crippen LogP contribution in [0.2, 0.25) is 0 Å². The molecule has 1 amide bonds. The molecule has 0 aliphatic heterocycles. The van der Waals surface area contributed by atoms with E-state index in [4.69, 9.17) is 4.74 Å². The normalized spacial score (nSPS) is 12.7. The van der Waals surface area contributed by atoms with Gasteiger partial charge in [0.25, 0.3) is 0 Å². The molecule has 0 spiro atoms. The van der Waals surface area contributed by atoms with E-state index in [2.05, 4.69) is 52.1 Å². The first-order valence-corrected chi connectivity index (χ1v) is 10.00. The third kappa shape index (κ3) is 8.09. The Morgan fingerprint density at radius 2 is 1.92 bits per heavy atom. The van der Waals surface area contributed by atoms with Gasteiger partial charge in [-0.15, -0.1) is 0 Å². The highest BCUT2D eigenvalue weighted by molar-refractivity contribution is 8.00. The maximum Gasteiger partial charge on any atom is 0.407 e. The molecule has 0 heterocycles. The summed E-state index contributed by atoms with van der Waals surface area (Å²) in [5.41, 5.74) is 2.36. The van der Waals surface area contributed by atoms with Gasteiger partial charge in [0.05, 0.1) is 0 Å². The summed E-state index contributed by atoms with van der Waals surface area (Å²) in [6.07, 6.45) is 2.92. The van der Waals surface area contributed by atoms with Crippen LogP contribution in [0.3, 0.4) is 0 Å². The van der Waals surface area contributed by atoms with Crippen molar-refractivity contribution in [3.8, 4) is 0 Å². The smallest absolute Gasteiger partial charge is 0.407 e. The number of hydrogen-bond donors (Lipinski definition) is 1. The van der Waals surface area contributed by atoms with Gasteiger partial charge < -0.3 is 10.1 Å². The van der Waals surface area contributed by atoms with Gasteiger partial charge in [-0.3, -0.25) is 0 Å². The highest BCUT2D eigenvalue weighted by Gasteiger charge is 2.14. The number of nitrogens with one attached hydrogen (secondary N) is 1. The summed E-state index contributed by atoms with van der Waals surface area (Å²) in [6.45, 7) is 12.1. The fourth-order valence-corrected chi connectivity index (χ4v) is 3.14. The molecule has 136 valence electrons. The predicted molar refractivity (Wildman–Crippen MR) is 105 cm³/mol. The van der Waals surface area contributed by atoms with Crippen molar-refractivity contribution in [3.05, 3.63) is 35.4 Å². The molecule has 0 saturated heterocycles. The lowest BCUT2D eigenvalue weighted by atomic mass is 9.98. The summed E-state index contributed by atoms with van der Waals surface area (Å²) in [5.74, 6) is 1.62. The summed E-state index contributed by atoms with van der Waals surface area (Å²) in [6, 6.07) is 8.32. The molecule has 1 unspecified atom stereocenters. The van der Waals surface area contributed by atoms with E-state index >= 15 is 0 Å². The first kappa shape index (κ1) is 20.9. The lowest BCUT2D eigenvalue weighted by Crippen LogP contribution is -2.26. The minimum atomic E-state index is -0.333. The molecule has 0 saturated carbocycles. The van der Waals surface area contributed by atoms with E-state index in [1.807, 2.05) is 23.9 Å². The van der Waals surface area contributed by atoms with Crippen molar-refractivity contribution in [2.45, 2.75) is 71.2 Å². The van der Waals surface area contributed by atoms with Crippen LogP contribution in [0.4, 0.5) is 4.79 Å². The Morgan fingerprint density at radius 3 is 2.50 bits per heavy atom. The zero-order valence-electron chi connectivity index (χ0n) is 15.9. The zero-order valence-corrected chi connectivity index (χ0v) is 16.7. The van der Waals surface area contributed by atoms with Crippen molar-refractivity contribution in [3.63, 3.8) is 0 Å². The highest BCUT2D eigenvalue weighted by Crippen LogP contribution is 2.27. The average molecular weight is 352 g/mol. The third-order valence-electron chi connectivity index (χ3n) is 4.47. The Balaban J connectivity index is 2.20. The van der Waals surface area contributed by atoms with E-state index in [9.17, 15) is 4.79 Å². The number of hydrogen-bond acceptors (Lipinski definition) is 3. The molecule has 1 atom stereocenters. The van der Waals surface area contributed by atoms with Gasteiger partial charge in [0.1, 0.15) is 6.61 Å². The zero-order chi connectivity index (χ0) is 18.0. The van der Waals surface area contributed by atoms with Gasteiger partial charge in [-0.1, -0.05) is 58.9 Å². The van der Waals surface area contributed by atoms with Gasteiger partial charge in [0.15, 0.2) is 0 Å². The van der Waals surface area contributed by atoms with Crippen LogP contribution in [0.15, 0.2) is 24.3 Å². The fourth-order valence-electron chi connectivity index (χ4n) is 2.09. The quantitative estimate of drug-likeness (QED) is 0.546. The van der Waals surface area contributed by atoms with Gasteiger partial charge >= 0.3 is 6.09 Å². The van der Waals surface area contributed by atoms with E-state index in [1.54, 1.807) is 0 Å². The molecular weight excluding hydrogens is 318 g/mol. The van der Waals surface area contributed by atoms with E-state index in [0.29, 0.717) is 23.8 Å². The van der Waals surface area contributed by atoms with Crippen molar-refractivity contribution in [1.29, 1.82) is 0 Å². The van der Waals surface area contributed by atoms with Crippen LogP contribution in [0, 0.1) is 0 Å². The molecule has 24 heavy (non-hydrogen) atoms. The number of benzene rings is 1. The van der Waals surface area contributed by atoms with Crippen LogP contribution < -0.4 is 5.32 Å². The van der Waals surface area contributed by atoms with Gasteiger partial charge in [0, 0.05) is 11.3 Å². The van der Waals surface area contributed by atoms with Crippen LogP contribution in [-0.2, 0) is 11.3 Å². The largest absolute Gasteiger partial charge is 0.445 e. The second kappa shape index (κ2) is 10.7. The highest BCUT2D eigenvalue weighted by atomic mass is 32.2. The number of rotatable bonds is 10. The van der Waals surface area contributed by atoms with Gasteiger partial charge in [0.2, 0.25) is 0 Å². The van der Waals surface area contributed by atoms with Crippen LogP contribution in [-0.4, -0.2) is 23.1 Å². The maximum atomic E-state index is 11.7. The second-order valence-corrected chi connectivity index (χ2v) is 8.67. The van der Waals surface area contributed by atoms with Crippen LogP contribution in [0.25, 0.3) is 0 Å². The first-order valence-electron chi connectivity index (χ1n) is 9.01. The topological polar surface area (TPSA) is 38.3 Å². The summed E-state index contributed by atoms with van der Waals surface area (Å²) in [4.78, 5) is 11.7. The standard InChI is InChI=1S/C20H33NO2S/c1-6-16(3)18-11-9-17(10-12-18)15-23-19(22)21-13-8-14-24-20(4,5)7-2/h9-12,16H,6-8,13-15H2,1-5H3,(H,21,22). The molecule has 1 aromatic rings. The number of amides is 1. The number of alkyl carbamates (subject to hydrolysis) is 1. The molecule has 0 aliphatic carbocycles. The molecule has 1 rings (SSSR count). The summed E-state index contributed by atoms with van der Waals surface area (Å²) in [5, 5.41) is 2.82. The van der Waals surface area contributed by atoms with E-state index < -0.39 is 0 Å². The van der Waals surface area contributed by atoms with Crippen LogP contribution in [0.5, 0.6) is 0 Å². The molecule has 0 radical (unpaired) electrons. The molecule has 0 aliphatic rings. The number of ether oxygens (including phenoxy) is 1. The molecule has 0 fully saturated rings. The Morgan fingerprint density at radius 1 is 1.25 bits per heavy atom. The maximum absolute atomic E-state index is 11.7. The Hall–Kier alpha value is -1.16. The minimum absolute atomic E-state index is 0.321. The van der Waals surface area contributed by atoms with E-state index in [0.717, 1.165) is 30.6 Å². The molecular formula is C20H33NO2S. The van der Waals surface area contributed by atoms with Crippen molar-refractivity contribution in [1.82, 2.24) is 5.32 Å². The van der Waals surface area contributed by atoms with Gasteiger partial charge in [-0.25, -0.2) is 4.79 Å². The Bertz CT molecular complexity index is 485. The SMILES string of the molecule is CCC(C)c1ccc(COC(=O)NCCCSC(C)(C)CC)cc1. The molecule has 1 aromatic carbocycles. The molecule has 0 aromatic heterocycles. The molecule has 4 heteroatoms. The monoisotopic (exact) mass is 351 g/mol. The number of carbonyl (C=O) groups is 1. The summed E-state index contributed by atoms with van der Waals surface area (Å²) in [7, 11) is 0. The first-order chi connectivity index (χ1) is 11.4. The van der Waals surface area contributed by atoms with Crippen LogP contribution >= 0.6 is 11.8 Å². The summed E-state index contributed by atoms with van der Waals surface area (Å²) < 4.78 is 5.59.